The summed E-state index contributed by atoms with van der Waals surface area (Å²) in [4.78, 5) is 16.3. The third-order valence-electron chi connectivity index (χ3n) is 3.14. The van der Waals surface area contributed by atoms with Crippen molar-refractivity contribution in [2.45, 2.75) is 6.42 Å². The van der Waals surface area contributed by atoms with E-state index in [1.54, 1.807) is 24.3 Å². The molecule has 0 atom stereocenters. The molecule has 0 unspecified atom stereocenters. The van der Waals surface area contributed by atoms with Crippen LogP contribution in [-0.4, -0.2) is 18.9 Å². The molecule has 2 aromatic rings. The molecule has 0 aromatic heterocycles. The Bertz CT molecular complexity index is 714. The van der Waals surface area contributed by atoms with E-state index >= 15 is 0 Å². The largest absolute Gasteiger partial charge is 0.493 e. The molecule has 1 amide bonds. The van der Waals surface area contributed by atoms with Gasteiger partial charge in [-0.25, -0.2) is 4.79 Å². The third kappa shape index (κ3) is 3.56. The molecule has 0 saturated heterocycles. The molecule has 1 aliphatic heterocycles. The topological polar surface area (TPSA) is 59.9 Å². The first kappa shape index (κ1) is 14.4. The maximum absolute atomic E-state index is 11.6. The number of hydrogen-bond donors (Lipinski definition) is 1. The van der Waals surface area contributed by atoms with Gasteiger partial charge in [0.25, 0.3) is 0 Å². The second-order valence-corrected chi connectivity index (χ2v) is 5.15. The van der Waals surface area contributed by atoms with Crippen LogP contribution in [-0.2, 0) is 11.3 Å². The Morgan fingerprint density at radius 2 is 2.09 bits per heavy atom. The first-order valence-electron chi connectivity index (χ1n) is 6.73. The van der Waals surface area contributed by atoms with Crippen LogP contribution in [0.2, 0.25) is 5.02 Å². The molecule has 0 aliphatic carbocycles. The molecule has 3 rings (SSSR count). The summed E-state index contributed by atoms with van der Waals surface area (Å²) in [6, 6.07) is 12.4. The van der Waals surface area contributed by atoms with Crippen LogP contribution in [0.4, 0.5) is 10.5 Å². The van der Waals surface area contributed by atoms with E-state index in [1.807, 2.05) is 18.2 Å². The van der Waals surface area contributed by atoms with Crippen molar-refractivity contribution in [2.75, 3.05) is 11.9 Å². The number of carbonyl (C=O) groups is 1. The first-order valence-corrected chi connectivity index (χ1v) is 7.11. The highest BCUT2D eigenvalue weighted by atomic mass is 35.5. The molecule has 0 radical (unpaired) electrons. The minimum Gasteiger partial charge on any atom is -0.493 e. The van der Waals surface area contributed by atoms with Gasteiger partial charge < -0.3 is 4.74 Å². The second kappa shape index (κ2) is 6.49. The lowest BCUT2D eigenvalue weighted by Gasteiger charge is -2.02. The zero-order chi connectivity index (χ0) is 15.4. The number of carbonyl (C=O) groups excluding carboxylic acids is 1. The highest BCUT2D eigenvalue weighted by Gasteiger charge is 2.11. The number of nitrogens with one attached hydrogen (secondary N) is 1. The van der Waals surface area contributed by atoms with Gasteiger partial charge in [0.05, 0.1) is 12.8 Å². The molecule has 0 saturated carbocycles. The second-order valence-electron chi connectivity index (χ2n) is 4.71. The lowest BCUT2D eigenvalue weighted by molar-refractivity contribution is 0.167. The minimum atomic E-state index is -0.664. The van der Waals surface area contributed by atoms with Crippen LogP contribution >= 0.6 is 11.6 Å². The van der Waals surface area contributed by atoms with Crippen molar-refractivity contribution in [3.05, 3.63) is 58.6 Å². The van der Waals surface area contributed by atoms with Gasteiger partial charge >= 0.3 is 6.09 Å². The molecule has 1 N–H and O–H groups in total. The average Bonchev–Trinajstić information content (AvgIpc) is 2.97. The Kier molecular flexibility index (Phi) is 4.25. The average molecular weight is 317 g/mol. The normalized spacial score (nSPS) is 12.8. The number of fused-ring (bicyclic) bond motifs is 1. The van der Waals surface area contributed by atoms with E-state index < -0.39 is 6.09 Å². The molecule has 1 heterocycles. The lowest BCUT2D eigenvalue weighted by Crippen LogP contribution is -2.10. The van der Waals surface area contributed by atoms with Crippen LogP contribution < -0.4 is 10.1 Å². The lowest BCUT2D eigenvalue weighted by atomic mass is 10.1. The van der Waals surface area contributed by atoms with Gasteiger partial charge in [-0.3, -0.25) is 10.2 Å². The Morgan fingerprint density at radius 1 is 1.27 bits per heavy atom. The van der Waals surface area contributed by atoms with Crippen LogP contribution in [0.1, 0.15) is 11.1 Å². The minimum absolute atomic E-state index is 0.583. The van der Waals surface area contributed by atoms with Gasteiger partial charge in [-0.2, -0.15) is 0 Å². The van der Waals surface area contributed by atoms with Crippen molar-refractivity contribution >= 4 is 29.6 Å². The smallest absolute Gasteiger partial charge is 0.437 e. The van der Waals surface area contributed by atoms with Gasteiger partial charge in [-0.05, 0) is 53.6 Å². The van der Waals surface area contributed by atoms with Crippen molar-refractivity contribution in [3.63, 3.8) is 0 Å². The van der Waals surface area contributed by atoms with Crippen molar-refractivity contribution in [1.82, 2.24) is 0 Å². The standard InChI is InChI=1S/C16H13ClN2O3/c17-13-2-4-14(5-3-13)19-16(20)22-18-10-11-1-6-15-12(9-11)7-8-21-15/h1-6,9-10H,7-8H2,(H,19,20)/b18-10+. The molecule has 6 heteroatoms. The van der Waals surface area contributed by atoms with E-state index in [9.17, 15) is 4.79 Å². The predicted octanol–water partition coefficient (Wildman–Crippen LogP) is 3.86. The summed E-state index contributed by atoms with van der Waals surface area (Å²) in [6.07, 6.45) is 1.71. The van der Waals surface area contributed by atoms with Crippen LogP contribution in [0.5, 0.6) is 5.75 Å². The van der Waals surface area contributed by atoms with Gasteiger partial charge in [0.15, 0.2) is 0 Å². The molecule has 0 bridgehead atoms. The van der Waals surface area contributed by atoms with Gasteiger partial charge in [0, 0.05) is 17.1 Å². The quantitative estimate of drug-likeness (QED) is 0.531. The number of benzene rings is 2. The zero-order valence-electron chi connectivity index (χ0n) is 11.6. The first-order chi connectivity index (χ1) is 10.7. The summed E-state index contributed by atoms with van der Waals surface area (Å²) in [5.41, 5.74) is 2.57. The molecule has 1 aliphatic rings. The van der Waals surface area contributed by atoms with E-state index in [0.717, 1.165) is 23.3 Å². The van der Waals surface area contributed by atoms with Crippen molar-refractivity contribution < 1.29 is 14.4 Å². The summed E-state index contributed by atoms with van der Waals surface area (Å²) in [5.74, 6) is 0.901. The van der Waals surface area contributed by atoms with Crippen molar-refractivity contribution in [3.8, 4) is 5.75 Å². The number of nitrogens with zero attached hydrogens (tertiary/aromatic N) is 1. The van der Waals surface area contributed by atoms with Gasteiger partial charge in [-0.1, -0.05) is 16.8 Å². The highest BCUT2D eigenvalue weighted by molar-refractivity contribution is 6.30. The van der Waals surface area contributed by atoms with Gasteiger partial charge in [-0.15, -0.1) is 0 Å². The Hall–Kier alpha value is -2.53. The number of amides is 1. The Balaban J connectivity index is 1.55. The number of oxime groups is 1. The molecular formula is C16H13ClN2O3. The van der Waals surface area contributed by atoms with Crippen LogP contribution in [0.15, 0.2) is 47.6 Å². The van der Waals surface area contributed by atoms with E-state index in [1.165, 1.54) is 6.21 Å². The van der Waals surface area contributed by atoms with Gasteiger partial charge in [0.2, 0.25) is 0 Å². The fourth-order valence-electron chi connectivity index (χ4n) is 2.10. The van der Waals surface area contributed by atoms with E-state index in [4.69, 9.17) is 21.2 Å². The summed E-state index contributed by atoms with van der Waals surface area (Å²) in [5, 5.41) is 6.82. The maximum Gasteiger partial charge on any atom is 0.437 e. The molecule has 0 spiro atoms. The number of hydrogen-bond acceptors (Lipinski definition) is 4. The fourth-order valence-corrected chi connectivity index (χ4v) is 2.22. The molecule has 5 nitrogen and oxygen atoms in total. The van der Waals surface area contributed by atoms with Crippen molar-refractivity contribution in [2.24, 2.45) is 5.16 Å². The SMILES string of the molecule is O=C(Nc1ccc(Cl)cc1)O/N=C/c1ccc2c(c1)CCO2. The van der Waals surface area contributed by atoms with Gasteiger partial charge in [0.1, 0.15) is 5.75 Å². The Morgan fingerprint density at radius 3 is 2.91 bits per heavy atom. The number of rotatable bonds is 3. The third-order valence-corrected chi connectivity index (χ3v) is 3.39. The fraction of sp³-hybridized carbons (Fsp3) is 0.125. The monoisotopic (exact) mass is 316 g/mol. The summed E-state index contributed by atoms with van der Waals surface area (Å²) >= 11 is 5.76. The summed E-state index contributed by atoms with van der Waals surface area (Å²) in [7, 11) is 0. The Labute approximate surface area is 132 Å². The summed E-state index contributed by atoms with van der Waals surface area (Å²) in [6.45, 7) is 0.704. The number of halogens is 1. The van der Waals surface area contributed by atoms with E-state index in [0.29, 0.717) is 17.3 Å². The molecule has 2 aromatic carbocycles. The maximum atomic E-state index is 11.6. The molecular weight excluding hydrogens is 304 g/mol. The number of ether oxygens (including phenoxy) is 1. The van der Waals surface area contributed by atoms with E-state index in [2.05, 4.69) is 10.5 Å². The molecule has 112 valence electrons. The van der Waals surface area contributed by atoms with Crippen molar-refractivity contribution in [1.29, 1.82) is 0 Å². The number of anilines is 1. The zero-order valence-corrected chi connectivity index (χ0v) is 12.3. The van der Waals surface area contributed by atoms with Crippen LogP contribution in [0, 0.1) is 0 Å². The van der Waals surface area contributed by atoms with Crippen LogP contribution in [0.3, 0.4) is 0 Å². The highest BCUT2D eigenvalue weighted by Crippen LogP contribution is 2.25. The summed E-state index contributed by atoms with van der Waals surface area (Å²) < 4.78 is 5.42. The molecule has 0 fully saturated rings. The van der Waals surface area contributed by atoms with Crippen LogP contribution in [0.25, 0.3) is 0 Å². The van der Waals surface area contributed by atoms with E-state index in [-0.39, 0.29) is 0 Å². The molecule has 22 heavy (non-hydrogen) atoms. The predicted molar refractivity (Wildman–Crippen MR) is 84.8 cm³/mol.